The molecule has 0 saturated heterocycles. The number of carbonyl (C=O) groups excluding carboxylic acids is 1. The number of nitrogens with two attached hydrogens (primary N) is 1. The third-order valence-electron chi connectivity index (χ3n) is 3.13. The second kappa shape index (κ2) is 6.58. The number of carbonyl (C=O) groups is 1. The Kier molecular flexibility index (Phi) is 4.78. The van der Waals surface area contributed by atoms with E-state index in [4.69, 9.17) is 10.5 Å². The van der Waals surface area contributed by atoms with E-state index in [1.54, 1.807) is 19.5 Å². The van der Waals surface area contributed by atoms with E-state index in [1.165, 1.54) is 0 Å². The normalized spacial score (nSPS) is 11.1. The van der Waals surface area contributed by atoms with Crippen molar-refractivity contribution in [1.82, 2.24) is 10.3 Å². The fourth-order valence-corrected chi connectivity index (χ4v) is 1.92. The van der Waals surface area contributed by atoms with Crippen molar-refractivity contribution in [1.29, 1.82) is 0 Å². The van der Waals surface area contributed by atoms with Crippen LogP contribution in [0, 0.1) is 0 Å². The van der Waals surface area contributed by atoms with Gasteiger partial charge in [-0.3, -0.25) is 9.78 Å². The maximum absolute atomic E-state index is 12.1. The Hall–Kier alpha value is -2.40. The van der Waals surface area contributed by atoms with Crippen LogP contribution < -0.4 is 15.8 Å². The van der Waals surface area contributed by atoms with Crippen molar-refractivity contribution in [3.8, 4) is 16.9 Å². The van der Waals surface area contributed by atoms with E-state index in [9.17, 15) is 4.79 Å². The lowest BCUT2D eigenvalue weighted by Gasteiger charge is -2.18. The molecule has 3 N–H and O–H groups in total. The van der Waals surface area contributed by atoms with Crippen molar-refractivity contribution >= 4 is 5.91 Å². The number of aromatic nitrogens is 1. The summed E-state index contributed by atoms with van der Waals surface area (Å²) in [7, 11) is 1.63. The highest BCUT2D eigenvalue weighted by molar-refractivity contribution is 5.95. The van der Waals surface area contributed by atoms with E-state index in [1.807, 2.05) is 44.2 Å². The zero-order chi connectivity index (χ0) is 16.2. The standard InChI is InChI=1S/C17H21N3O2/c1-17(2,18)11-20-16(21)14-8-13(9-19-10-14)12-4-6-15(22-3)7-5-12/h4-10H,11,18H2,1-3H3,(H,20,21). The van der Waals surface area contributed by atoms with E-state index in [-0.39, 0.29) is 5.91 Å². The van der Waals surface area contributed by atoms with Crippen LogP contribution in [0.5, 0.6) is 5.75 Å². The number of benzene rings is 1. The maximum Gasteiger partial charge on any atom is 0.252 e. The van der Waals surface area contributed by atoms with Gasteiger partial charge in [0.1, 0.15) is 5.75 Å². The van der Waals surface area contributed by atoms with E-state index in [0.29, 0.717) is 12.1 Å². The average molecular weight is 299 g/mol. The van der Waals surface area contributed by atoms with Gasteiger partial charge in [-0.25, -0.2) is 0 Å². The average Bonchev–Trinajstić information content (AvgIpc) is 2.52. The molecular weight excluding hydrogens is 278 g/mol. The van der Waals surface area contributed by atoms with Crippen LogP contribution in [0.3, 0.4) is 0 Å². The molecule has 116 valence electrons. The van der Waals surface area contributed by atoms with Crippen molar-refractivity contribution in [3.63, 3.8) is 0 Å². The van der Waals surface area contributed by atoms with E-state index in [0.717, 1.165) is 16.9 Å². The molecule has 0 saturated carbocycles. The van der Waals surface area contributed by atoms with Crippen molar-refractivity contribution in [2.75, 3.05) is 13.7 Å². The van der Waals surface area contributed by atoms with Crippen LogP contribution in [-0.4, -0.2) is 30.1 Å². The van der Waals surface area contributed by atoms with Gasteiger partial charge in [0.15, 0.2) is 0 Å². The number of nitrogens with zero attached hydrogens (tertiary/aromatic N) is 1. The van der Waals surface area contributed by atoms with Crippen LogP contribution in [0.2, 0.25) is 0 Å². The molecule has 0 spiro atoms. The first-order valence-electron chi connectivity index (χ1n) is 7.05. The van der Waals surface area contributed by atoms with Crippen LogP contribution in [0.1, 0.15) is 24.2 Å². The third kappa shape index (κ3) is 4.30. The van der Waals surface area contributed by atoms with Gasteiger partial charge in [0, 0.05) is 30.0 Å². The Bertz CT molecular complexity index is 646. The summed E-state index contributed by atoms with van der Waals surface area (Å²) >= 11 is 0. The molecule has 0 radical (unpaired) electrons. The molecule has 5 heteroatoms. The molecule has 2 rings (SSSR count). The number of hydrogen-bond donors (Lipinski definition) is 2. The van der Waals surface area contributed by atoms with E-state index >= 15 is 0 Å². The molecule has 1 amide bonds. The monoisotopic (exact) mass is 299 g/mol. The van der Waals surface area contributed by atoms with Crippen LogP contribution in [-0.2, 0) is 0 Å². The quantitative estimate of drug-likeness (QED) is 0.887. The molecule has 1 aromatic carbocycles. The largest absolute Gasteiger partial charge is 0.497 e. The van der Waals surface area contributed by atoms with Gasteiger partial charge in [0.2, 0.25) is 0 Å². The summed E-state index contributed by atoms with van der Waals surface area (Å²) in [5.74, 6) is 0.608. The van der Waals surface area contributed by atoms with Gasteiger partial charge in [-0.15, -0.1) is 0 Å². The zero-order valence-corrected chi connectivity index (χ0v) is 13.1. The number of methoxy groups -OCH3 is 1. The van der Waals surface area contributed by atoms with Gasteiger partial charge >= 0.3 is 0 Å². The first-order valence-corrected chi connectivity index (χ1v) is 7.05. The Morgan fingerprint density at radius 1 is 1.23 bits per heavy atom. The van der Waals surface area contributed by atoms with Crippen molar-refractivity contribution < 1.29 is 9.53 Å². The minimum atomic E-state index is -0.448. The zero-order valence-electron chi connectivity index (χ0n) is 13.1. The second-order valence-corrected chi connectivity index (χ2v) is 5.86. The minimum absolute atomic E-state index is 0.179. The molecule has 1 heterocycles. The summed E-state index contributed by atoms with van der Waals surface area (Å²) in [6, 6.07) is 9.42. The fraction of sp³-hybridized carbons (Fsp3) is 0.294. The smallest absolute Gasteiger partial charge is 0.252 e. The number of nitrogens with one attached hydrogen (secondary N) is 1. The predicted molar refractivity (Wildman–Crippen MR) is 86.8 cm³/mol. The Labute approximate surface area is 130 Å². The first-order chi connectivity index (χ1) is 10.4. The lowest BCUT2D eigenvalue weighted by atomic mass is 10.0. The number of ether oxygens (including phenoxy) is 1. The topological polar surface area (TPSA) is 77.2 Å². The third-order valence-corrected chi connectivity index (χ3v) is 3.13. The lowest BCUT2D eigenvalue weighted by molar-refractivity contribution is 0.0945. The molecule has 0 aliphatic rings. The molecule has 0 aliphatic heterocycles. The Morgan fingerprint density at radius 2 is 1.91 bits per heavy atom. The fourth-order valence-electron chi connectivity index (χ4n) is 1.92. The van der Waals surface area contributed by atoms with Gasteiger partial charge in [0.05, 0.1) is 12.7 Å². The minimum Gasteiger partial charge on any atom is -0.497 e. The van der Waals surface area contributed by atoms with Gasteiger partial charge in [0.25, 0.3) is 5.91 Å². The molecule has 0 aliphatic carbocycles. The summed E-state index contributed by atoms with van der Waals surface area (Å²) in [4.78, 5) is 16.3. The van der Waals surface area contributed by atoms with Crippen LogP contribution >= 0.6 is 0 Å². The van der Waals surface area contributed by atoms with E-state index in [2.05, 4.69) is 10.3 Å². The van der Waals surface area contributed by atoms with Crippen molar-refractivity contribution in [2.24, 2.45) is 5.73 Å². The molecule has 2 aromatic rings. The van der Waals surface area contributed by atoms with Crippen molar-refractivity contribution in [2.45, 2.75) is 19.4 Å². The Morgan fingerprint density at radius 3 is 2.50 bits per heavy atom. The molecule has 0 unspecified atom stereocenters. The van der Waals surface area contributed by atoms with Crippen LogP contribution in [0.15, 0.2) is 42.7 Å². The highest BCUT2D eigenvalue weighted by Gasteiger charge is 2.14. The van der Waals surface area contributed by atoms with Crippen molar-refractivity contribution in [3.05, 3.63) is 48.3 Å². The highest BCUT2D eigenvalue weighted by Crippen LogP contribution is 2.22. The summed E-state index contributed by atoms with van der Waals surface area (Å²) in [6.07, 6.45) is 3.28. The number of hydrogen-bond acceptors (Lipinski definition) is 4. The Balaban J connectivity index is 2.17. The van der Waals surface area contributed by atoms with E-state index < -0.39 is 5.54 Å². The summed E-state index contributed by atoms with van der Waals surface area (Å²) < 4.78 is 5.14. The predicted octanol–water partition coefficient (Wildman–Crippen LogP) is 2.22. The molecule has 22 heavy (non-hydrogen) atoms. The maximum atomic E-state index is 12.1. The lowest BCUT2D eigenvalue weighted by Crippen LogP contribution is -2.45. The molecule has 1 aromatic heterocycles. The van der Waals surface area contributed by atoms with Gasteiger partial charge in [-0.05, 0) is 37.6 Å². The molecule has 5 nitrogen and oxygen atoms in total. The number of rotatable bonds is 5. The SMILES string of the molecule is COc1ccc(-c2cncc(C(=O)NCC(C)(C)N)c2)cc1. The highest BCUT2D eigenvalue weighted by atomic mass is 16.5. The number of pyridine rings is 1. The van der Waals surface area contributed by atoms with Gasteiger partial charge in [-0.1, -0.05) is 12.1 Å². The molecule has 0 atom stereocenters. The number of amides is 1. The summed E-state index contributed by atoms with van der Waals surface area (Å²) in [5.41, 5.74) is 7.78. The summed E-state index contributed by atoms with van der Waals surface area (Å²) in [5, 5.41) is 2.81. The van der Waals surface area contributed by atoms with Gasteiger partial charge in [-0.2, -0.15) is 0 Å². The molecule has 0 fully saturated rings. The summed E-state index contributed by atoms with van der Waals surface area (Å²) in [6.45, 7) is 4.12. The molecule has 0 bridgehead atoms. The van der Waals surface area contributed by atoms with Gasteiger partial charge < -0.3 is 15.8 Å². The second-order valence-electron chi connectivity index (χ2n) is 5.86. The van der Waals surface area contributed by atoms with Crippen LogP contribution in [0.4, 0.5) is 0 Å². The van der Waals surface area contributed by atoms with Crippen LogP contribution in [0.25, 0.3) is 11.1 Å². The molecular formula is C17H21N3O2. The first kappa shape index (κ1) is 16.0.